The van der Waals surface area contributed by atoms with Gasteiger partial charge in [0.15, 0.2) is 14.9 Å². The average Bonchev–Trinajstić information content (AvgIpc) is 2.96. The first-order valence-corrected chi connectivity index (χ1v) is 11.3. The Kier molecular flexibility index (Phi) is 5.66. The van der Waals surface area contributed by atoms with E-state index in [2.05, 4.69) is 15.4 Å². The number of hydrogen-bond acceptors (Lipinski definition) is 5. The number of nitrogens with zero attached hydrogens (tertiary/aromatic N) is 3. The van der Waals surface area contributed by atoms with Gasteiger partial charge in [0.25, 0.3) is 11.8 Å². The molecule has 2 aromatic rings. The third-order valence-electron chi connectivity index (χ3n) is 5.34. The van der Waals surface area contributed by atoms with Gasteiger partial charge >= 0.3 is 0 Å². The van der Waals surface area contributed by atoms with Crippen molar-refractivity contribution < 1.29 is 30.8 Å². The monoisotopic (exact) mass is 462 g/mol. The van der Waals surface area contributed by atoms with Gasteiger partial charge in [0.1, 0.15) is 11.4 Å². The summed E-state index contributed by atoms with van der Waals surface area (Å²) in [6.45, 7) is 3.49. The van der Waals surface area contributed by atoms with Crippen LogP contribution in [0.2, 0.25) is 0 Å². The summed E-state index contributed by atoms with van der Waals surface area (Å²) in [7, 11) is -3.64. The molecule has 31 heavy (non-hydrogen) atoms. The first-order chi connectivity index (χ1) is 14.1. The van der Waals surface area contributed by atoms with Crippen molar-refractivity contribution in [2.75, 3.05) is 11.6 Å². The van der Waals surface area contributed by atoms with E-state index >= 15 is 0 Å². The number of carbonyl (C=O) groups is 1. The van der Waals surface area contributed by atoms with Crippen molar-refractivity contribution in [2.24, 2.45) is 5.92 Å². The summed E-state index contributed by atoms with van der Waals surface area (Å²) in [6.07, 6.45) is 1.29. The number of amides is 1. The van der Waals surface area contributed by atoms with Crippen molar-refractivity contribution in [1.29, 1.82) is 0 Å². The fourth-order valence-corrected chi connectivity index (χ4v) is 4.22. The number of halogens is 4. The van der Waals surface area contributed by atoms with Crippen molar-refractivity contribution in [1.82, 2.24) is 14.8 Å². The van der Waals surface area contributed by atoms with Crippen LogP contribution in [0.5, 0.6) is 0 Å². The molecule has 1 aliphatic rings. The van der Waals surface area contributed by atoms with Gasteiger partial charge in [-0.2, -0.15) is 13.9 Å². The minimum Gasteiger partial charge on any atom is -0.321 e. The molecule has 0 bridgehead atoms. The summed E-state index contributed by atoms with van der Waals surface area (Å²) in [6, 6.07) is 1.75. The number of alkyl halides is 4. The van der Waals surface area contributed by atoms with Crippen LogP contribution in [-0.2, 0) is 15.8 Å². The highest BCUT2D eigenvalue weighted by Crippen LogP contribution is 2.48. The molecular weight excluding hydrogens is 440 g/mol. The Morgan fingerprint density at radius 1 is 1.35 bits per heavy atom. The van der Waals surface area contributed by atoms with Crippen LogP contribution in [0.25, 0.3) is 0 Å². The van der Waals surface area contributed by atoms with Crippen LogP contribution in [0.3, 0.4) is 0 Å². The van der Waals surface area contributed by atoms with Gasteiger partial charge in [-0.1, -0.05) is 0 Å². The van der Waals surface area contributed by atoms with Crippen molar-refractivity contribution in [3.63, 3.8) is 0 Å². The Morgan fingerprint density at radius 2 is 1.97 bits per heavy atom. The smallest absolute Gasteiger partial charge is 0.289 e. The van der Waals surface area contributed by atoms with E-state index in [1.807, 2.05) is 0 Å². The molecule has 1 saturated carbocycles. The molecule has 12 heteroatoms. The Labute approximate surface area is 176 Å². The number of anilines is 1. The molecule has 2 aromatic heterocycles. The van der Waals surface area contributed by atoms with Gasteiger partial charge in [-0.05, 0) is 31.9 Å². The zero-order valence-corrected chi connectivity index (χ0v) is 18.1. The second kappa shape index (κ2) is 7.57. The largest absolute Gasteiger partial charge is 0.321 e. The lowest BCUT2D eigenvalue weighted by molar-refractivity contribution is -0.123. The van der Waals surface area contributed by atoms with E-state index in [9.17, 15) is 30.8 Å². The van der Waals surface area contributed by atoms with E-state index in [1.165, 1.54) is 19.2 Å². The van der Waals surface area contributed by atoms with E-state index in [1.54, 1.807) is 6.92 Å². The molecule has 1 N–H and O–H groups in total. The maximum absolute atomic E-state index is 14.1. The van der Waals surface area contributed by atoms with Gasteiger partial charge < -0.3 is 5.32 Å². The molecule has 3 rings (SSSR count). The lowest BCUT2D eigenvalue weighted by Gasteiger charge is -2.39. The molecule has 1 aliphatic carbocycles. The van der Waals surface area contributed by atoms with Gasteiger partial charge in [0, 0.05) is 43.5 Å². The number of rotatable bonds is 6. The summed E-state index contributed by atoms with van der Waals surface area (Å²) in [5, 5.41) is 6.09. The zero-order chi connectivity index (χ0) is 23.4. The van der Waals surface area contributed by atoms with Crippen LogP contribution >= 0.6 is 0 Å². The summed E-state index contributed by atoms with van der Waals surface area (Å²) in [4.78, 5) is 16.7. The second-order valence-corrected chi connectivity index (χ2v) is 9.99. The third-order valence-corrected chi connectivity index (χ3v) is 6.32. The number of sulfone groups is 1. The minimum atomic E-state index is -3.64. The van der Waals surface area contributed by atoms with Crippen molar-refractivity contribution in [2.45, 2.75) is 56.5 Å². The summed E-state index contributed by atoms with van der Waals surface area (Å²) < 4.78 is 79.2. The molecule has 0 aliphatic heterocycles. The van der Waals surface area contributed by atoms with E-state index < -0.39 is 58.1 Å². The van der Waals surface area contributed by atoms with Gasteiger partial charge in [0.2, 0.25) is 5.92 Å². The van der Waals surface area contributed by atoms with Gasteiger partial charge in [-0.25, -0.2) is 22.2 Å². The Bertz CT molecular complexity index is 1120. The first-order valence-electron chi connectivity index (χ1n) is 9.43. The molecule has 1 fully saturated rings. The quantitative estimate of drug-likeness (QED) is 0.656. The van der Waals surface area contributed by atoms with Gasteiger partial charge in [-0.3, -0.25) is 9.48 Å². The Morgan fingerprint density at radius 3 is 2.48 bits per heavy atom. The van der Waals surface area contributed by atoms with Crippen LogP contribution in [-0.4, -0.2) is 41.3 Å². The standard InChI is InChI=1S/C19H22F4N4O3S/c1-10-15(17(28)25-13-5-6-24-14(7-13)31(4,29)30)27(26-16(10)18(3,20)21)11(2)12-8-19(22,23)9-12/h5-7,11-12H,8-9H2,1-4H3,(H,24,25,28)/t11-/m0/s1. The summed E-state index contributed by atoms with van der Waals surface area (Å²) in [5.41, 5.74) is -0.820. The zero-order valence-electron chi connectivity index (χ0n) is 17.3. The van der Waals surface area contributed by atoms with Crippen molar-refractivity contribution in [3.05, 3.63) is 35.3 Å². The maximum atomic E-state index is 14.1. The van der Waals surface area contributed by atoms with E-state index in [0.717, 1.165) is 17.0 Å². The topological polar surface area (TPSA) is 93.9 Å². The average molecular weight is 462 g/mol. The van der Waals surface area contributed by atoms with E-state index in [4.69, 9.17) is 0 Å². The maximum Gasteiger partial charge on any atom is 0.289 e. The lowest BCUT2D eigenvalue weighted by atomic mass is 9.77. The molecule has 1 atom stereocenters. The number of hydrogen-bond donors (Lipinski definition) is 1. The molecule has 1 amide bonds. The van der Waals surface area contributed by atoms with E-state index in [0.29, 0.717) is 6.92 Å². The number of carbonyl (C=O) groups excluding carboxylic acids is 1. The Balaban J connectivity index is 1.99. The van der Waals surface area contributed by atoms with E-state index in [-0.39, 0.29) is 22.0 Å². The Hall–Kier alpha value is -2.50. The minimum absolute atomic E-state index is 0.0830. The molecule has 170 valence electrons. The fourth-order valence-electron chi connectivity index (χ4n) is 3.63. The van der Waals surface area contributed by atoms with Crippen LogP contribution < -0.4 is 5.32 Å². The lowest BCUT2D eigenvalue weighted by Crippen LogP contribution is -2.40. The highest BCUT2D eigenvalue weighted by atomic mass is 32.2. The molecule has 0 spiro atoms. The van der Waals surface area contributed by atoms with Crippen LogP contribution in [0.4, 0.5) is 23.2 Å². The first kappa shape index (κ1) is 23.2. The molecule has 0 saturated heterocycles. The molecule has 2 heterocycles. The molecule has 0 unspecified atom stereocenters. The predicted molar refractivity (Wildman–Crippen MR) is 104 cm³/mol. The molecule has 0 aromatic carbocycles. The second-order valence-electron chi connectivity index (χ2n) is 8.03. The van der Waals surface area contributed by atoms with Crippen molar-refractivity contribution >= 4 is 21.4 Å². The third kappa shape index (κ3) is 4.73. The summed E-state index contributed by atoms with van der Waals surface area (Å²) >= 11 is 0. The van der Waals surface area contributed by atoms with Crippen LogP contribution in [0, 0.1) is 12.8 Å². The van der Waals surface area contributed by atoms with Gasteiger partial charge in [0.05, 0.1) is 6.04 Å². The molecule has 0 radical (unpaired) electrons. The number of aromatic nitrogens is 3. The molecular formula is C19H22F4N4O3S. The molecule has 7 nitrogen and oxygen atoms in total. The van der Waals surface area contributed by atoms with Crippen LogP contribution in [0.1, 0.15) is 54.5 Å². The number of nitrogens with one attached hydrogen (secondary N) is 1. The van der Waals surface area contributed by atoms with Gasteiger partial charge in [-0.15, -0.1) is 0 Å². The van der Waals surface area contributed by atoms with Crippen molar-refractivity contribution in [3.8, 4) is 0 Å². The highest BCUT2D eigenvalue weighted by molar-refractivity contribution is 7.90. The van der Waals surface area contributed by atoms with Crippen LogP contribution in [0.15, 0.2) is 23.4 Å². The number of pyridine rings is 1. The highest BCUT2D eigenvalue weighted by Gasteiger charge is 2.49. The SMILES string of the molecule is Cc1c(C(C)(F)F)nn([C@@H](C)C2CC(F)(F)C2)c1C(=O)Nc1ccnc(S(C)(=O)=O)c1. The summed E-state index contributed by atoms with van der Waals surface area (Å²) in [5.74, 6) is -7.52. The normalized spacial score (nSPS) is 17.8. The fraction of sp³-hybridized carbons (Fsp3) is 0.526. The predicted octanol–water partition coefficient (Wildman–Crippen LogP) is 3.96.